The minimum Gasteiger partial charge on any atom is -0.418 e. The van der Waals surface area contributed by atoms with Crippen LogP contribution in [0.4, 0.5) is 23.0 Å². The van der Waals surface area contributed by atoms with E-state index in [-0.39, 0.29) is 0 Å². The second kappa shape index (κ2) is 6.56. The van der Waals surface area contributed by atoms with E-state index in [4.69, 9.17) is 5.39 Å². The molecule has 0 heterocycles. The van der Waals surface area contributed by atoms with Crippen LogP contribution in [0.2, 0.25) is 0 Å². The molecular weight excluding hydrogens is 427 g/mol. The van der Waals surface area contributed by atoms with Gasteiger partial charge in [-0.1, -0.05) is 15.9 Å². The second-order valence-electron chi connectivity index (χ2n) is 2.31. The Bertz CT molecular complexity index is 388. The van der Waals surface area contributed by atoms with Crippen molar-refractivity contribution in [3.05, 3.63) is 30.5 Å². The van der Waals surface area contributed by atoms with E-state index in [0.29, 0.717) is 5.69 Å². The van der Waals surface area contributed by atoms with Gasteiger partial charge >= 0.3 is 12.9 Å². The monoisotopic (exact) mass is 426 g/mol. The number of halogens is 7. The van der Waals surface area contributed by atoms with Gasteiger partial charge in [0.05, 0.1) is 0 Å². The third kappa shape index (κ3) is 7.19. The van der Waals surface area contributed by atoms with Crippen molar-refractivity contribution < 1.29 is 17.3 Å². The minimum absolute atomic E-state index is 0.494. The largest absolute Gasteiger partial charge is 0.673 e. The fourth-order valence-electron chi connectivity index (χ4n) is 0.630. The van der Waals surface area contributed by atoms with Crippen molar-refractivity contribution in [3.8, 4) is 0 Å². The third-order valence-electron chi connectivity index (χ3n) is 1.08. The normalized spacial score (nSPS) is 10.1. The van der Waals surface area contributed by atoms with Crippen molar-refractivity contribution in [3.63, 3.8) is 0 Å². The van der Waals surface area contributed by atoms with Crippen LogP contribution in [0.25, 0.3) is 4.98 Å². The van der Waals surface area contributed by atoms with Gasteiger partial charge < -0.3 is 17.3 Å². The van der Waals surface area contributed by atoms with Gasteiger partial charge in [-0.15, -0.1) is 0 Å². The molecule has 0 saturated carbocycles. The Morgan fingerprint density at radius 3 is 1.56 bits per heavy atom. The van der Waals surface area contributed by atoms with Crippen LogP contribution in [0.15, 0.2) is 25.6 Å². The second-order valence-corrected chi connectivity index (χ2v) is 4.94. The van der Waals surface area contributed by atoms with Crippen LogP contribution in [0.5, 0.6) is 0 Å². The van der Waals surface area contributed by atoms with Gasteiger partial charge in [0.25, 0.3) is 0 Å². The Balaban J connectivity index is 0.000000385. The molecule has 0 N–H and O–H groups in total. The molecule has 0 saturated heterocycles. The van der Waals surface area contributed by atoms with E-state index in [1.54, 1.807) is 12.1 Å². The van der Waals surface area contributed by atoms with E-state index in [1.807, 2.05) is 0 Å². The summed E-state index contributed by atoms with van der Waals surface area (Å²) >= 11 is 9.78. The highest BCUT2D eigenvalue weighted by atomic mass is 79.9. The molecule has 0 bridgehead atoms. The Labute approximate surface area is 114 Å². The third-order valence-corrected chi connectivity index (χ3v) is 2.75. The first-order valence-electron chi connectivity index (χ1n) is 3.52. The fraction of sp³-hybridized carbons (Fsp3) is 0. The molecule has 0 aliphatic heterocycles. The standard InChI is InChI=1S/C6H2Br3N2.BF4/c7-3-1-4(8)6(11-10)5(9)2-3;2-1(3,4)5/h1-2H;/q+1;-1. The SMILES string of the molecule is F[B-](F)(F)F.N#[N+]c1c(Br)cc(Br)cc1Br. The summed E-state index contributed by atoms with van der Waals surface area (Å²) in [4.78, 5) is 3.10. The smallest absolute Gasteiger partial charge is 0.418 e. The number of diazo groups is 1. The van der Waals surface area contributed by atoms with Crippen molar-refractivity contribution in [2.75, 3.05) is 0 Å². The topological polar surface area (TPSA) is 28.1 Å². The predicted molar refractivity (Wildman–Crippen MR) is 64.5 cm³/mol. The maximum Gasteiger partial charge on any atom is 0.673 e. The fourth-order valence-corrected chi connectivity index (χ4v) is 3.05. The van der Waals surface area contributed by atoms with Crippen LogP contribution in [0.1, 0.15) is 0 Å². The van der Waals surface area contributed by atoms with Crippen molar-refractivity contribution in [1.82, 2.24) is 0 Å². The van der Waals surface area contributed by atoms with Crippen molar-refractivity contribution in [2.45, 2.75) is 0 Å². The molecule has 0 atom stereocenters. The van der Waals surface area contributed by atoms with E-state index < -0.39 is 7.25 Å². The molecule has 16 heavy (non-hydrogen) atoms. The van der Waals surface area contributed by atoms with Crippen LogP contribution in [0.3, 0.4) is 0 Å². The summed E-state index contributed by atoms with van der Waals surface area (Å²) in [5.74, 6) is 0. The number of rotatable bonds is 0. The van der Waals surface area contributed by atoms with Crippen molar-refractivity contribution in [1.29, 1.82) is 5.39 Å². The number of hydrogen-bond acceptors (Lipinski definition) is 1. The molecular formula is C6H2BBr3F4N2. The minimum atomic E-state index is -6.00. The molecule has 0 aromatic heterocycles. The van der Waals surface area contributed by atoms with Gasteiger partial charge in [0.15, 0.2) is 4.98 Å². The Morgan fingerprint density at radius 2 is 1.31 bits per heavy atom. The molecule has 0 radical (unpaired) electrons. The first-order valence-corrected chi connectivity index (χ1v) is 5.90. The summed E-state index contributed by atoms with van der Waals surface area (Å²) in [6.45, 7) is 0. The first kappa shape index (κ1) is 15.9. The van der Waals surface area contributed by atoms with Crippen LogP contribution in [0, 0.1) is 5.39 Å². The van der Waals surface area contributed by atoms with Crippen molar-refractivity contribution in [2.24, 2.45) is 0 Å². The Hall–Kier alpha value is -0.135. The van der Waals surface area contributed by atoms with E-state index in [9.17, 15) is 17.3 Å². The Kier molecular flexibility index (Phi) is 6.51. The lowest BCUT2D eigenvalue weighted by Gasteiger charge is -1.94. The molecule has 0 unspecified atom stereocenters. The molecule has 88 valence electrons. The summed E-state index contributed by atoms with van der Waals surface area (Å²) in [5.41, 5.74) is 0.494. The molecule has 0 aliphatic rings. The first-order chi connectivity index (χ1) is 7.15. The van der Waals surface area contributed by atoms with Crippen LogP contribution in [-0.2, 0) is 0 Å². The molecule has 10 heteroatoms. The summed E-state index contributed by atoms with van der Waals surface area (Å²) in [6.07, 6.45) is 0. The zero-order valence-electron chi connectivity index (χ0n) is 7.27. The lowest BCUT2D eigenvalue weighted by Crippen LogP contribution is -2.02. The quantitative estimate of drug-likeness (QED) is 0.293. The van der Waals surface area contributed by atoms with Gasteiger partial charge in [0.1, 0.15) is 8.95 Å². The lowest BCUT2D eigenvalue weighted by molar-refractivity contribution is 0.368. The highest BCUT2D eigenvalue weighted by molar-refractivity contribution is 9.11. The average Bonchev–Trinajstić information content (AvgIpc) is 1.99. The molecule has 0 spiro atoms. The molecule has 1 rings (SSSR count). The van der Waals surface area contributed by atoms with Gasteiger partial charge in [0, 0.05) is 4.47 Å². The van der Waals surface area contributed by atoms with E-state index in [2.05, 4.69) is 52.8 Å². The van der Waals surface area contributed by atoms with Crippen molar-refractivity contribution >= 4 is 60.7 Å². The van der Waals surface area contributed by atoms with Gasteiger partial charge in [-0.05, 0) is 44.0 Å². The number of hydrogen-bond donors (Lipinski definition) is 0. The molecule has 0 aliphatic carbocycles. The van der Waals surface area contributed by atoms with Gasteiger partial charge in [0.2, 0.25) is 5.39 Å². The van der Waals surface area contributed by atoms with E-state index >= 15 is 0 Å². The molecule has 0 amide bonds. The predicted octanol–water partition coefficient (Wildman–Crippen LogP) is 5.76. The summed E-state index contributed by atoms with van der Waals surface area (Å²) in [5, 5.41) is 8.54. The van der Waals surface area contributed by atoms with E-state index in [1.165, 1.54) is 0 Å². The van der Waals surface area contributed by atoms with Crippen LogP contribution >= 0.6 is 47.8 Å². The molecule has 0 fully saturated rings. The van der Waals surface area contributed by atoms with Gasteiger partial charge in [-0.25, -0.2) is 0 Å². The maximum atomic E-state index is 9.75. The summed E-state index contributed by atoms with van der Waals surface area (Å²) in [7, 11) is -6.00. The van der Waals surface area contributed by atoms with Crippen LogP contribution in [-0.4, -0.2) is 7.25 Å². The Morgan fingerprint density at radius 1 is 1.00 bits per heavy atom. The zero-order chi connectivity index (χ0) is 12.9. The molecule has 1 aromatic carbocycles. The maximum absolute atomic E-state index is 9.75. The molecule has 1 aromatic rings. The molecule has 2 nitrogen and oxygen atoms in total. The van der Waals surface area contributed by atoms with Crippen LogP contribution < -0.4 is 0 Å². The summed E-state index contributed by atoms with van der Waals surface area (Å²) in [6, 6.07) is 3.61. The highest BCUT2D eigenvalue weighted by Gasteiger charge is 2.20. The lowest BCUT2D eigenvalue weighted by atomic mass is 10.3. The average molecular weight is 429 g/mol. The number of benzene rings is 1. The van der Waals surface area contributed by atoms with E-state index in [0.717, 1.165) is 13.4 Å². The number of nitrogens with zero attached hydrogens (tertiary/aromatic N) is 2. The zero-order valence-corrected chi connectivity index (χ0v) is 12.0. The van der Waals surface area contributed by atoms with Gasteiger partial charge in [-0.3, -0.25) is 0 Å². The summed E-state index contributed by atoms with van der Waals surface area (Å²) < 4.78 is 41.4. The van der Waals surface area contributed by atoms with Gasteiger partial charge in [-0.2, -0.15) is 0 Å². The highest BCUT2D eigenvalue weighted by Crippen LogP contribution is 2.36.